The van der Waals surface area contributed by atoms with E-state index in [2.05, 4.69) is 43.8 Å². The molecule has 132 valence electrons. The molecular weight excluding hydrogens is 319 g/mol. The van der Waals surface area contributed by atoms with Gasteiger partial charge >= 0.3 is 15.6 Å². The molecule has 0 saturated carbocycles. The maximum absolute atomic E-state index is 12.1. The Morgan fingerprint density at radius 1 is 1.23 bits per heavy atom. The number of nitrogens with one attached hydrogen (secondary N) is 1. The molecule has 0 aliphatic rings. The third-order valence-corrected chi connectivity index (χ3v) is 2.59. The second kappa shape index (κ2) is 9.76. The van der Waals surface area contributed by atoms with E-state index in [4.69, 9.17) is 0 Å². The Kier molecular flexibility index (Phi) is 10.2. The zero-order valence-electron chi connectivity index (χ0n) is 13.8. The molecule has 22 heavy (non-hydrogen) atoms. The maximum Gasteiger partial charge on any atom is 0.534 e. The van der Waals surface area contributed by atoms with Crippen molar-refractivity contribution in [3.8, 4) is 0 Å². The summed E-state index contributed by atoms with van der Waals surface area (Å²) in [5.41, 5.74) is -4.91. The van der Waals surface area contributed by atoms with Crippen LogP contribution in [-0.4, -0.2) is 20.5 Å². The van der Waals surface area contributed by atoms with Crippen LogP contribution in [0.5, 0.6) is 0 Å². The summed E-state index contributed by atoms with van der Waals surface area (Å²) in [6, 6.07) is 0. The lowest BCUT2D eigenvalue weighted by Crippen LogP contribution is -2.25. The molecule has 8 heteroatoms. The van der Waals surface area contributed by atoms with E-state index in [1.807, 2.05) is 0 Å². The number of halogens is 3. The summed E-state index contributed by atoms with van der Waals surface area (Å²) in [5.74, 6) is -0.237. The van der Waals surface area contributed by atoms with Crippen molar-refractivity contribution in [1.82, 2.24) is 5.32 Å². The lowest BCUT2D eigenvalue weighted by molar-refractivity contribution is -0.0523. The monoisotopic (exact) mass is 345 g/mol. The highest BCUT2D eigenvalue weighted by Crippen LogP contribution is 2.27. The summed E-state index contributed by atoms with van der Waals surface area (Å²) in [6.45, 7) is 13.9. The summed E-state index contributed by atoms with van der Waals surface area (Å²) in [6.07, 6.45) is 3.13. The second-order valence-corrected chi connectivity index (χ2v) is 7.55. The van der Waals surface area contributed by atoms with Crippen LogP contribution in [0.2, 0.25) is 0 Å². The van der Waals surface area contributed by atoms with Crippen LogP contribution in [0.15, 0.2) is 24.6 Å². The Morgan fingerprint density at radius 3 is 2.00 bits per heavy atom. The average molecular weight is 345 g/mol. The molecule has 0 aliphatic heterocycles. The third kappa shape index (κ3) is 13.8. The third-order valence-electron chi connectivity index (χ3n) is 1.59. The minimum atomic E-state index is -5.58. The van der Waals surface area contributed by atoms with Gasteiger partial charge in [0.15, 0.2) is 0 Å². The van der Waals surface area contributed by atoms with Crippen LogP contribution in [-0.2, 0) is 14.3 Å². The first-order chi connectivity index (χ1) is 9.74. The molecule has 0 heterocycles. The predicted octanol–water partition coefficient (Wildman–Crippen LogP) is 4.32. The predicted molar refractivity (Wildman–Crippen MR) is 82.4 cm³/mol. The summed E-state index contributed by atoms with van der Waals surface area (Å²) in [5, 5.41) is 2.59. The van der Waals surface area contributed by atoms with Crippen LogP contribution in [0.3, 0.4) is 0 Å². The summed E-state index contributed by atoms with van der Waals surface area (Å²) in [7, 11) is -5.58. The van der Waals surface area contributed by atoms with E-state index < -0.39 is 15.6 Å². The first-order valence-corrected chi connectivity index (χ1v) is 8.19. The first-order valence-electron chi connectivity index (χ1n) is 6.78. The molecule has 1 N–H and O–H groups in total. The molecule has 0 aromatic rings. The number of hydrogen-bond acceptors (Lipinski definition) is 4. The van der Waals surface area contributed by atoms with Gasteiger partial charge in [-0.25, -0.2) is 0 Å². The summed E-state index contributed by atoms with van der Waals surface area (Å²) >= 11 is 0. The molecule has 0 radical (unpaired) electrons. The van der Waals surface area contributed by atoms with E-state index in [-0.39, 0.29) is 18.7 Å². The van der Waals surface area contributed by atoms with E-state index in [9.17, 15) is 21.6 Å². The quantitative estimate of drug-likeness (QED) is 0.323. The van der Waals surface area contributed by atoms with E-state index in [1.165, 1.54) is 12.3 Å². The molecule has 0 spiro atoms. The molecule has 0 saturated heterocycles. The zero-order valence-corrected chi connectivity index (χ0v) is 14.6. The van der Waals surface area contributed by atoms with Gasteiger partial charge in [-0.1, -0.05) is 41.2 Å². The van der Waals surface area contributed by atoms with E-state index in [1.54, 1.807) is 6.92 Å². The Labute approximate surface area is 131 Å². The molecule has 4 nitrogen and oxygen atoms in total. The summed E-state index contributed by atoms with van der Waals surface area (Å²) in [4.78, 5) is 0. The fourth-order valence-electron chi connectivity index (χ4n) is 0.868. The van der Waals surface area contributed by atoms with Gasteiger partial charge in [0.1, 0.15) is 5.76 Å². The lowest BCUT2D eigenvalue weighted by Gasteiger charge is -2.12. The smallest absolute Gasteiger partial charge is 0.388 e. The SMILES string of the molecule is C=CNC/C=C(\CCC)OS(=O)(=O)C(F)(F)F.CC(C)(C)C. The lowest BCUT2D eigenvalue weighted by atomic mass is 10.0. The van der Waals surface area contributed by atoms with Gasteiger partial charge in [-0.3, -0.25) is 0 Å². The number of allylic oxidation sites excluding steroid dienone is 1. The van der Waals surface area contributed by atoms with Gasteiger partial charge in [-0.05, 0) is 24.1 Å². The van der Waals surface area contributed by atoms with Gasteiger partial charge < -0.3 is 9.50 Å². The Balaban J connectivity index is 0. The molecule has 0 rings (SSSR count). The van der Waals surface area contributed by atoms with Crippen LogP contribution < -0.4 is 5.32 Å². The van der Waals surface area contributed by atoms with Crippen molar-refractivity contribution in [2.24, 2.45) is 5.41 Å². The maximum atomic E-state index is 12.1. The molecule has 0 fully saturated rings. The fraction of sp³-hybridized carbons (Fsp3) is 0.714. The minimum Gasteiger partial charge on any atom is -0.388 e. The standard InChI is InChI=1S/C9H14F3NO3S.C5H12/c1-3-5-8(6-7-13-4-2)16-17(14,15)9(10,11)12;1-5(2,3)4/h4,6,13H,2-3,5,7H2,1H3;1-4H3/b8-6+;. The zero-order chi connectivity index (χ0) is 18.0. The highest BCUT2D eigenvalue weighted by molar-refractivity contribution is 7.87. The number of alkyl halides is 3. The van der Waals surface area contributed by atoms with Crippen molar-refractivity contribution in [3.05, 3.63) is 24.6 Å². The molecule has 0 unspecified atom stereocenters. The van der Waals surface area contributed by atoms with Gasteiger partial charge in [0.2, 0.25) is 0 Å². The molecule has 0 aromatic carbocycles. The topological polar surface area (TPSA) is 55.4 Å². The Hall–Kier alpha value is -1.18. The van der Waals surface area contributed by atoms with Crippen molar-refractivity contribution in [2.45, 2.75) is 53.0 Å². The van der Waals surface area contributed by atoms with Gasteiger partial charge in [0.05, 0.1) is 0 Å². The highest BCUT2D eigenvalue weighted by atomic mass is 32.2. The summed E-state index contributed by atoms with van der Waals surface area (Å²) < 4.78 is 61.7. The molecule has 0 amide bonds. The Bertz CT molecular complexity index is 443. The molecule has 0 aromatic heterocycles. The van der Waals surface area contributed by atoms with Crippen LogP contribution in [0.4, 0.5) is 13.2 Å². The highest BCUT2D eigenvalue weighted by Gasteiger charge is 2.48. The van der Waals surface area contributed by atoms with Crippen molar-refractivity contribution in [3.63, 3.8) is 0 Å². The molecule has 0 bridgehead atoms. The van der Waals surface area contributed by atoms with Crippen LogP contribution in [0.25, 0.3) is 0 Å². The van der Waals surface area contributed by atoms with E-state index >= 15 is 0 Å². The van der Waals surface area contributed by atoms with Crippen molar-refractivity contribution in [1.29, 1.82) is 0 Å². The first kappa shape index (κ1) is 23.1. The molecule has 0 aliphatic carbocycles. The van der Waals surface area contributed by atoms with Crippen LogP contribution in [0.1, 0.15) is 47.5 Å². The van der Waals surface area contributed by atoms with Gasteiger partial charge in [-0.2, -0.15) is 21.6 Å². The molecular formula is C14H26F3NO3S. The average Bonchev–Trinajstić information content (AvgIpc) is 2.25. The van der Waals surface area contributed by atoms with Gasteiger partial charge in [0, 0.05) is 13.0 Å². The van der Waals surface area contributed by atoms with E-state index in [0.29, 0.717) is 11.8 Å². The number of hydrogen-bond donors (Lipinski definition) is 1. The van der Waals surface area contributed by atoms with Crippen molar-refractivity contribution >= 4 is 10.1 Å². The minimum absolute atomic E-state index is 0.105. The van der Waals surface area contributed by atoms with Gasteiger partial charge in [0.25, 0.3) is 0 Å². The van der Waals surface area contributed by atoms with Crippen LogP contribution >= 0.6 is 0 Å². The van der Waals surface area contributed by atoms with Crippen molar-refractivity contribution < 1.29 is 25.8 Å². The molecule has 0 atom stereocenters. The second-order valence-electron chi connectivity index (χ2n) is 6.02. The number of rotatable bonds is 7. The Morgan fingerprint density at radius 2 is 1.68 bits per heavy atom. The largest absolute Gasteiger partial charge is 0.534 e. The normalized spacial score (nSPS) is 13.0. The van der Waals surface area contributed by atoms with Crippen LogP contribution in [0, 0.1) is 5.41 Å². The van der Waals surface area contributed by atoms with Gasteiger partial charge in [-0.15, -0.1) is 0 Å². The van der Waals surface area contributed by atoms with Crippen molar-refractivity contribution in [2.75, 3.05) is 6.54 Å². The fourth-order valence-corrected chi connectivity index (χ4v) is 1.40. The van der Waals surface area contributed by atoms with E-state index in [0.717, 1.165) is 0 Å².